The molecule has 2 atom stereocenters. The third kappa shape index (κ3) is 0.808. The van der Waals surface area contributed by atoms with E-state index in [2.05, 4.69) is 5.32 Å². The SMILES string of the molecule is N#CC1CNC[C@H]1O. The van der Waals surface area contributed by atoms with Crippen molar-refractivity contribution >= 4 is 0 Å². The molecule has 0 spiro atoms. The number of nitrogens with one attached hydrogen (secondary N) is 1. The smallest absolute Gasteiger partial charge is 0.0859 e. The standard InChI is InChI=1S/C5H8N2O/c6-1-4-2-7-3-5(4)8/h4-5,7-8H,2-3H2/t4?,5-/m1/s1. The van der Waals surface area contributed by atoms with Crippen molar-refractivity contribution in [3.05, 3.63) is 0 Å². The molecule has 0 radical (unpaired) electrons. The molecule has 2 N–H and O–H groups in total. The molecule has 3 heteroatoms. The normalized spacial score (nSPS) is 37.0. The Morgan fingerprint density at radius 1 is 1.62 bits per heavy atom. The molecule has 1 heterocycles. The second-order valence-electron chi connectivity index (χ2n) is 1.96. The lowest BCUT2D eigenvalue weighted by atomic mass is 10.1. The fourth-order valence-corrected chi connectivity index (χ4v) is 0.797. The van der Waals surface area contributed by atoms with E-state index in [4.69, 9.17) is 10.4 Å². The molecular weight excluding hydrogens is 104 g/mol. The molecule has 8 heavy (non-hydrogen) atoms. The van der Waals surface area contributed by atoms with Crippen LogP contribution in [0.5, 0.6) is 0 Å². The molecule has 0 aromatic rings. The van der Waals surface area contributed by atoms with Gasteiger partial charge in [0.2, 0.25) is 0 Å². The second-order valence-corrected chi connectivity index (χ2v) is 1.96. The fraction of sp³-hybridized carbons (Fsp3) is 0.800. The molecule has 0 amide bonds. The summed E-state index contributed by atoms with van der Waals surface area (Å²) in [5.74, 6) is -0.185. The summed E-state index contributed by atoms with van der Waals surface area (Å²) in [6.07, 6.45) is -0.444. The molecule has 0 aromatic heterocycles. The molecule has 1 saturated heterocycles. The summed E-state index contributed by atoms with van der Waals surface area (Å²) < 4.78 is 0. The number of β-amino-alcohol motifs (C(OH)–C–C–N with tert-alkyl or cyclic N) is 1. The minimum absolute atomic E-state index is 0.185. The van der Waals surface area contributed by atoms with Crippen molar-refractivity contribution in [2.45, 2.75) is 6.10 Å². The Balaban J connectivity index is 2.45. The average Bonchev–Trinajstić information content (AvgIpc) is 2.14. The van der Waals surface area contributed by atoms with Crippen molar-refractivity contribution in [2.75, 3.05) is 13.1 Å². The molecular formula is C5H8N2O. The highest BCUT2D eigenvalue weighted by molar-refractivity contribution is 4.94. The van der Waals surface area contributed by atoms with Crippen molar-refractivity contribution in [2.24, 2.45) is 5.92 Å². The van der Waals surface area contributed by atoms with Crippen molar-refractivity contribution in [3.8, 4) is 6.07 Å². The minimum atomic E-state index is -0.444. The van der Waals surface area contributed by atoms with E-state index in [9.17, 15) is 0 Å². The minimum Gasteiger partial charge on any atom is -0.390 e. The Bertz CT molecular complexity index is 118. The lowest BCUT2D eigenvalue weighted by Gasteiger charge is -1.99. The molecule has 0 aromatic carbocycles. The van der Waals surface area contributed by atoms with Crippen molar-refractivity contribution < 1.29 is 5.11 Å². The first-order chi connectivity index (χ1) is 3.84. The molecule has 1 fully saturated rings. The highest BCUT2D eigenvalue weighted by Gasteiger charge is 2.23. The average molecular weight is 112 g/mol. The van der Waals surface area contributed by atoms with E-state index in [1.807, 2.05) is 6.07 Å². The maximum atomic E-state index is 8.90. The third-order valence-electron chi connectivity index (χ3n) is 1.35. The summed E-state index contributed by atoms with van der Waals surface area (Å²) in [4.78, 5) is 0. The topological polar surface area (TPSA) is 56.0 Å². The summed E-state index contributed by atoms with van der Waals surface area (Å²) in [5.41, 5.74) is 0. The predicted octanol–water partition coefficient (Wildman–Crippen LogP) is -0.910. The van der Waals surface area contributed by atoms with Crippen LogP contribution in [0, 0.1) is 17.2 Å². The fourth-order valence-electron chi connectivity index (χ4n) is 0.797. The zero-order valence-corrected chi connectivity index (χ0v) is 4.46. The van der Waals surface area contributed by atoms with E-state index in [0.717, 1.165) is 0 Å². The number of hydrogen-bond acceptors (Lipinski definition) is 3. The van der Waals surface area contributed by atoms with E-state index in [1.165, 1.54) is 0 Å². The molecule has 0 bridgehead atoms. The molecule has 0 aliphatic carbocycles. The van der Waals surface area contributed by atoms with Crippen LogP contribution in [0.25, 0.3) is 0 Å². The monoisotopic (exact) mass is 112 g/mol. The van der Waals surface area contributed by atoms with Crippen molar-refractivity contribution in [1.29, 1.82) is 5.26 Å². The molecule has 1 aliphatic rings. The van der Waals surface area contributed by atoms with E-state index < -0.39 is 6.10 Å². The third-order valence-corrected chi connectivity index (χ3v) is 1.35. The summed E-state index contributed by atoms with van der Waals surface area (Å²) in [6, 6.07) is 2.00. The van der Waals surface area contributed by atoms with Crippen LogP contribution in [0.4, 0.5) is 0 Å². The number of nitriles is 1. The summed E-state index contributed by atoms with van der Waals surface area (Å²) in [7, 11) is 0. The van der Waals surface area contributed by atoms with E-state index in [1.54, 1.807) is 0 Å². The first-order valence-corrected chi connectivity index (χ1v) is 2.63. The van der Waals surface area contributed by atoms with Crippen LogP contribution in [0.15, 0.2) is 0 Å². The van der Waals surface area contributed by atoms with Gasteiger partial charge in [0, 0.05) is 13.1 Å². The van der Waals surface area contributed by atoms with Crippen LogP contribution in [-0.4, -0.2) is 24.3 Å². The predicted molar refractivity (Wildman–Crippen MR) is 28.0 cm³/mol. The maximum Gasteiger partial charge on any atom is 0.0859 e. The molecule has 0 saturated carbocycles. The van der Waals surface area contributed by atoms with Crippen molar-refractivity contribution in [3.63, 3.8) is 0 Å². The highest BCUT2D eigenvalue weighted by Crippen LogP contribution is 2.05. The number of hydrogen-bond donors (Lipinski definition) is 2. The highest BCUT2D eigenvalue weighted by atomic mass is 16.3. The van der Waals surface area contributed by atoms with Gasteiger partial charge in [0.25, 0.3) is 0 Å². The molecule has 44 valence electrons. The van der Waals surface area contributed by atoms with Crippen LogP contribution in [0.3, 0.4) is 0 Å². The maximum absolute atomic E-state index is 8.90. The zero-order valence-electron chi connectivity index (χ0n) is 4.46. The molecule has 1 aliphatic heterocycles. The van der Waals surface area contributed by atoms with Gasteiger partial charge in [-0.2, -0.15) is 5.26 Å². The lowest BCUT2D eigenvalue weighted by Crippen LogP contribution is -2.15. The van der Waals surface area contributed by atoms with Gasteiger partial charge < -0.3 is 10.4 Å². The summed E-state index contributed by atoms with van der Waals surface area (Å²) in [6.45, 7) is 1.20. The lowest BCUT2D eigenvalue weighted by molar-refractivity contribution is 0.170. The van der Waals surface area contributed by atoms with E-state index in [-0.39, 0.29) is 5.92 Å². The zero-order chi connectivity index (χ0) is 5.98. The Labute approximate surface area is 47.9 Å². The molecule has 3 nitrogen and oxygen atoms in total. The Morgan fingerprint density at radius 3 is 2.62 bits per heavy atom. The van der Waals surface area contributed by atoms with E-state index >= 15 is 0 Å². The quantitative estimate of drug-likeness (QED) is 0.426. The first-order valence-electron chi connectivity index (χ1n) is 2.63. The largest absolute Gasteiger partial charge is 0.390 e. The van der Waals surface area contributed by atoms with E-state index in [0.29, 0.717) is 13.1 Å². The Hall–Kier alpha value is -0.590. The molecule has 1 rings (SSSR count). The summed E-state index contributed by atoms with van der Waals surface area (Å²) >= 11 is 0. The van der Waals surface area contributed by atoms with Gasteiger partial charge in [-0.15, -0.1) is 0 Å². The van der Waals surface area contributed by atoms with Gasteiger partial charge in [-0.1, -0.05) is 0 Å². The first kappa shape index (κ1) is 5.54. The van der Waals surface area contributed by atoms with Crippen LogP contribution >= 0.6 is 0 Å². The van der Waals surface area contributed by atoms with Crippen LogP contribution < -0.4 is 5.32 Å². The molecule has 1 unspecified atom stereocenters. The summed E-state index contributed by atoms with van der Waals surface area (Å²) in [5, 5.41) is 20.1. The Kier molecular flexibility index (Phi) is 1.47. The van der Waals surface area contributed by atoms with Gasteiger partial charge in [-0.05, 0) is 0 Å². The van der Waals surface area contributed by atoms with Gasteiger partial charge in [-0.3, -0.25) is 0 Å². The van der Waals surface area contributed by atoms with Gasteiger partial charge in [0.1, 0.15) is 0 Å². The number of rotatable bonds is 0. The van der Waals surface area contributed by atoms with Gasteiger partial charge in [0.15, 0.2) is 0 Å². The van der Waals surface area contributed by atoms with Gasteiger partial charge in [0.05, 0.1) is 18.1 Å². The van der Waals surface area contributed by atoms with Crippen LogP contribution in [-0.2, 0) is 0 Å². The Morgan fingerprint density at radius 2 is 2.38 bits per heavy atom. The second kappa shape index (κ2) is 2.12. The van der Waals surface area contributed by atoms with Crippen LogP contribution in [0.2, 0.25) is 0 Å². The van der Waals surface area contributed by atoms with Gasteiger partial charge >= 0.3 is 0 Å². The van der Waals surface area contributed by atoms with Crippen LogP contribution in [0.1, 0.15) is 0 Å². The number of aliphatic hydroxyl groups is 1. The van der Waals surface area contributed by atoms with Crippen molar-refractivity contribution in [1.82, 2.24) is 5.32 Å². The van der Waals surface area contributed by atoms with Gasteiger partial charge in [-0.25, -0.2) is 0 Å². The number of nitrogens with zero attached hydrogens (tertiary/aromatic N) is 1. The number of aliphatic hydroxyl groups excluding tert-OH is 1.